The molecule has 0 saturated carbocycles. The van der Waals surface area contributed by atoms with Gasteiger partial charge in [0.15, 0.2) is 0 Å². The van der Waals surface area contributed by atoms with Crippen LogP contribution in [0.3, 0.4) is 0 Å². The van der Waals surface area contributed by atoms with Crippen molar-refractivity contribution in [3.63, 3.8) is 0 Å². The van der Waals surface area contributed by atoms with Crippen molar-refractivity contribution >= 4 is 24.2 Å². The first kappa shape index (κ1) is 22.0. The fourth-order valence-corrected chi connectivity index (χ4v) is 3.42. The van der Waals surface area contributed by atoms with Gasteiger partial charge in [0.05, 0.1) is 11.2 Å². The Morgan fingerprint density at radius 3 is 2.25 bits per heavy atom. The van der Waals surface area contributed by atoms with Crippen molar-refractivity contribution in [3.05, 3.63) is 88.6 Å². The molecule has 0 spiro atoms. The molecule has 1 N–H and O–H groups in total. The lowest BCUT2D eigenvalue weighted by atomic mass is 9.78. The van der Waals surface area contributed by atoms with Crippen LogP contribution in [0.4, 0.5) is 10.1 Å². The van der Waals surface area contributed by atoms with E-state index in [9.17, 15) is 14.0 Å². The van der Waals surface area contributed by atoms with Gasteiger partial charge in [0.25, 0.3) is 11.5 Å². The zero-order valence-electron chi connectivity index (χ0n) is 18.4. The third-order valence-electron chi connectivity index (χ3n) is 5.99. The number of hydrogen-bond acceptors (Lipinski definition) is 4. The zero-order valence-corrected chi connectivity index (χ0v) is 18.4. The predicted octanol–water partition coefficient (Wildman–Crippen LogP) is 3.53. The van der Waals surface area contributed by atoms with Crippen LogP contribution in [0, 0.1) is 5.82 Å². The molecule has 1 saturated heterocycles. The van der Waals surface area contributed by atoms with E-state index in [1.54, 1.807) is 42.6 Å². The second kappa shape index (κ2) is 8.04. The number of benzene rings is 2. The number of para-hydroxylation sites is 1. The molecular formula is C24H24BFN2O4. The molecule has 1 aromatic heterocycles. The van der Waals surface area contributed by atoms with Gasteiger partial charge in [-0.15, -0.1) is 0 Å². The van der Waals surface area contributed by atoms with Crippen LogP contribution in [0.1, 0.15) is 38.1 Å². The van der Waals surface area contributed by atoms with Crippen molar-refractivity contribution in [3.8, 4) is 5.69 Å². The average Bonchev–Trinajstić information content (AvgIpc) is 2.95. The normalized spacial score (nSPS) is 16.7. The number of carbonyl (C=O) groups is 1. The minimum Gasteiger partial charge on any atom is -0.399 e. The molecule has 1 fully saturated rings. The average molecular weight is 434 g/mol. The van der Waals surface area contributed by atoms with E-state index in [-0.39, 0.29) is 16.7 Å². The number of pyridine rings is 1. The minimum atomic E-state index is -0.850. The highest BCUT2D eigenvalue weighted by molar-refractivity contribution is 6.62. The molecular weight excluding hydrogens is 410 g/mol. The highest BCUT2D eigenvalue weighted by atomic mass is 19.1. The van der Waals surface area contributed by atoms with E-state index in [1.165, 1.54) is 22.8 Å². The molecule has 164 valence electrons. The van der Waals surface area contributed by atoms with Gasteiger partial charge in [-0.3, -0.25) is 14.2 Å². The van der Waals surface area contributed by atoms with E-state index in [4.69, 9.17) is 9.31 Å². The lowest BCUT2D eigenvalue weighted by Gasteiger charge is -2.32. The summed E-state index contributed by atoms with van der Waals surface area (Å²) in [6, 6.07) is 16.3. The van der Waals surface area contributed by atoms with Crippen LogP contribution < -0.4 is 16.3 Å². The van der Waals surface area contributed by atoms with Gasteiger partial charge in [-0.25, -0.2) is 4.39 Å². The minimum absolute atomic E-state index is 0.0493. The molecule has 0 atom stereocenters. The smallest absolute Gasteiger partial charge is 0.399 e. The van der Waals surface area contributed by atoms with E-state index in [2.05, 4.69) is 5.32 Å². The molecule has 0 radical (unpaired) electrons. The van der Waals surface area contributed by atoms with E-state index in [0.29, 0.717) is 5.69 Å². The molecule has 2 aromatic carbocycles. The maximum atomic E-state index is 14.8. The van der Waals surface area contributed by atoms with Crippen LogP contribution in [0.5, 0.6) is 0 Å². The third-order valence-corrected chi connectivity index (χ3v) is 5.99. The van der Waals surface area contributed by atoms with Crippen molar-refractivity contribution in [1.82, 2.24) is 4.57 Å². The maximum Gasteiger partial charge on any atom is 0.497 e. The van der Waals surface area contributed by atoms with Crippen molar-refractivity contribution in [2.75, 3.05) is 5.32 Å². The third kappa shape index (κ3) is 3.99. The summed E-state index contributed by atoms with van der Waals surface area (Å²) in [6.45, 7) is 7.56. The molecule has 3 aromatic rings. The van der Waals surface area contributed by atoms with Crippen LogP contribution in [0.15, 0.2) is 71.7 Å². The van der Waals surface area contributed by atoms with Crippen LogP contribution in [0.25, 0.3) is 5.69 Å². The Balaban J connectivity index is 1.55. The lowest BCUT2D eigenvalue weighted by molar-refractivity contribution is 0.00578. The number of halogens is 1. The first-order valence-electron chi connectivity index (χ1n) is 10.3. The summed E-state index contributed by atoms with van der Waals surface area (Å²) in [5.74, 6) is -1.20. The molecule has 1 amide bonds. The lowest BCUT2D eigenvalue weighted by Crippen LogP contribution is -2.41. The number of carbonyl (C=O) groups excluding carboxylic acids is 1. The fourth-order valence-electron chi connectivity index (χ4n) is 3.42. The van der Waals surface area contributed by atoms with Gasteiger partial charge in [0.1, 0.15) is 11.4 Å². The van der Waals surface area contributed by atoms with E-state index in [0.717, 1.165) is 0 Å². The number of amides is 1. The Bertz CT molecular complexity index is 1210. The number of nitrogens with zero attached hydrogens (tertiary/aromatic N) is 1. The summed E-state index contributed by atoms with van der Waals surface area (Å²) in [4.78, 5) is 25.6. The first-order valence-corrected chi connectivity index (χ1v) is 10.3. The number of rotatable bonds is 4. The highest BCUT2D eigenvalue weighted by Gasteiger charge is 2.52. The van der Waals surface area contributed by atoms with Crippen molar-refractivity contribution in [1.29, 1.82) is 0 Å². The Kier molecular flexibility index (Phi) is 5.52. The topological polar surface area (TPSA) is 69.6 Å². The zero-order chi connectivity index (χ0) is 23.1. The Morgan fingerprint density at radius 1 is 0.969 bits per heavy atom. The van der Waals surface area contributed by atoms with Crippen LogP contribution in [-0.4, -0.2) is 28.8 Å². The summed E-state index contributed by atoms with van der Waals surface area (Å²) < 4.78 is 28.0. The van der Waals surface area contributed by atoms with Gasteiger partial charge in [-0.2, -0.15) is 0 Å². The number of hydrogen-bond donors (Lipinski definition) is 1. The molecule has 0 bridgehead atoms. The molecule has 0 unspecified atom stereocenters. The summed E-state index contributed by atoms with van der Waals surface area (Å²) >= 11 is 0. The van der Waals surface area contributed by atoms with Crippen molar-refractivity contribution in [2.24, 2.45) is 0 Å². The van der Waals surface area contributed by atoms with Crippen LogP contribution in [-0.2, 0) is 9.31 Å². The van der Waals surface area contributed by atoms with Crippen LogP contribution >= 0.6 is 0 Å². The summed E-state index contributed by atoms with van der Waals surface area (Å²) in [5, 5.41) is 2.59. The maximum absolute atomic E-state index is 14.8. The van der Waals surface area contributed by atoms with Gasteiger partial charge in [0.2, 0.25) is 0 Å². The molecule has 32 heavy (non-hydrogen) atoms. The van der Waals surface area contributed by atoms with Crippen molar-refractivity contribution in [2.45, 2.75) is 38.9 Å². The Hall–Kier alpha value is -3.23. The molecule has 2 heterocycles. The summed E-state index contributed by atoms with van der Waals surface area (Å²) in [6.07, 6.45) is 1.59. The number of aromatic nitrogens is 1. The predicted molar refractivity (Wildman–Crippen MR) is 122 cm³/mol. The van der Waals surface area contributed by atoms with Crippen LogP contribution in [0.2, 0.25) is 0 Å². The van der Waals surface area contributed by atoms with Gasteiger partial charge in [-0.05, 0) is 64.1 Å². The van der Waals surface area contributed by atoms with Gasteiger partial charge < -0.3 is 14.6 Å². The number of anilines is 1. The van der Waals surface area contributed by atoms with E-state index >= 15 is 0 Å². The second-order valence-corrected chi connectivity index (χ2v) is 8.71. The quantitative estimate of drug-likeness (QED) is 0.638. The van der Waals surface area contributed by atoms with Gasteiger partial charge in [-0.1, -0.05) is 24.3 Å². The molecule has 6 nitrogen and oxygen atoms in total. The van der Waals surface area contributed by atoms with Gasteiger partial charge in [0, 0.05) is 23.0 Å². The van der Waals surface area contributed by atoms with Crippen molar-refractivity contribution < 1.29 is 18.5 Å². The van der Waals surface area contributed by atoms with E-state index in [1.807, 2.05) is 33.8 Å². The molecule has 1 aliphatic rings. The number of nitrogens with one attached hydrogen (secondary N) is 1. The Labute approximate surface area is 186 Å². The molecule has 0 aliphatic carbocycles. The largest absolute Gasteiger partial charge is 0.497 e. The second-order valence-electron chi connectivity index (χ2n) is 8.71. The van der Waals surface area contributed by atoms with Gasteiger partial charge >= 0.3 is 7.12 Å². The Morgan fingerprint density at radius 2 is 1.62 bits per heavy atom. The highest BCUT2D eigenvalue weighted by Crippen LogP contribution is 2.36. The standard InChI is InChI=1S/C24H24BFN2O4/c1-23(2)24(3,4)32-25(31-23)19-13-12-16(15-20(19)26)27-21(29)18-11-8-14-28(22(18)30)17-9-6-5-7-10-17/h5-15H,1-4H3,(H,27,29). The first-order chi connectivity index (χ1) is 15.1. The molecule has 4 rings (SSSR count). The van der Waals surface area contributed by atoms with E-state index < -0.39 is 35.6 Å². The fraction of sp³-hybridized carbons (Fsp3) is 0.250. The molecule has 8 heteroatoms. The SMILES string of the molecule is CC1(C)OB(c2ccc(NC(=O)c3cccn(-c4ccccc4)c3=O)cc2F)OC1(C)C. The summed E-state index contributed by atoms with van der Waals surface area (Å²) in [7, 11) is -0.850. The molecule has 1 aliphatic heterocycles. The monoisotopic (exact) mass is 434 g/mol. The summed E-state index contributed by atoms with van der Waals surface area (Å²) in [5.41, 5.74) is -0.594.